The first-order valence-corrected chi connectivity index (χ1v) is 8.69. The molecule has 0 radical (unpaired) electrons. The number of hydrogen-bond donors (Lipinski definition) is 1. The van der Waals surface area contributed by atoms with Crippen LogP contribution in [0.1, 0.15) is 18.9 Å². The summed E-state index contributed by atoms with van der Waals surface area (Å²) in [4.78, 5) is 9.67. The molecule has 1 unspecified atom stereocenters. The SMILES string of the molecule is CCNC(=NCc1ccoc1)N1CCN(CC2CCOC2)CC1.I. The van der Waals surface area contributed by atoms with Gasteiger partial charge in [0.25, 0.3) is 0 Å². The van der Waals surface area contributed by atoms with Crippen LogP contribution in [0, 0.1) is 5.92 Å². The number of guanidine groups is 1. The minimum absolute atomic E-state index is 0. The molecule has 3 heterocycles. The Bertz CT molecular complexity index is 481. The predicted octanol–water partition coefficient (Wildman–Crippen LogP) is 2.02. The number of halogens is 1. The fourth-order valence-electron chi connectivity index (χ4n) is 3.21. The van der Waals surface area contributed by atoms with Crippen molar-refractivity contribution in [2.24, 2.45) is 10.9 Å². The molecule has 6 nitrogen and oxygen atoms in total. The Morgan fingerprint density at radius 1 is 1.33 bits per heavy atom. The van der Waals surface area contributed by atoms with E-state index in [0.29, 0.717) is 6.54 Å². The van der Waals surface area contributed by atoms with E-state index in [1.165, 1.54) is 13.0 Å². The van der Waals surface area contributed by atoms with Crippen LogP contribution in [0.25, 0.3) is 0 Å². The van der Waals surface area contributed by atoms with Crippen LogP contribution < -0.4 is 5.32 Å². The number of nitrogens with one attached hydrogen (secondary N) is 1. The van der Waals surface area contributed by atoms with Crippen LogP contribution in [0.4, 0.5) is 0 Å². The lowest BCUT2D eigenvalue weighted by Crippen LogP contribution is -2.53. The molecular formula is C17H29IN4O2. The van der Waals surface area contributed by atoms with E-state index in [-0.39, 0.29) is 24.0 Å². The van der Waals surface area contributed by atoms with Crippen molar-refractivity contribution in [3.05, 3.63) is 24.2 Å². The van der Waals surface area contributed by atoms with Gasteiger partial charge in [-0.25, -0.2) is 4.99 Å². The number of nitrogens with zero attached hydrogens (tertiary/aromatic N) is 3. The van der Waals surface area contributed by atoms with E-state index in [4.69, 9.17) is 14.1 Å². The molecule has 0 bridgehead atoms. The largest absolute Gasteiger partial charge is 0.472 e. The van der Waals surface area contributed by atoms with Crippen molar-refractivity contribution in [2.75, 3.05) is 52.5 Å². The molecule has 2 aliphatic rings. The van der Waals surface area contributed by atoms with Crippen molar-refractivity contribution in [2.45, 2.75) is 19.9 Å². The van der Waals surface area contributed by atoms with Crippen LogP contribution in [0.15, 0.2) is 28.0 Å². The molecule has 2 fully saturated rings. The minimum Gasteiger partial charge on any atom is -0.472 e. The first kappa shape index (κ1) is 19.5. The van der Waals surface area contributed by atoms with Gasteiger partial charge in [-0.05, 0) is 25.3 Å². The fourth-order valence-corrected chi connectivity index (χ4v) is 3.21. The topological polar surface area (TPSA) is 53.2 Å². The number of hydrogen-bond acceptors (Lipinski definition) is 4. The van der Waals surface area contributed by atoms with Gasteiger partial charge in [0.1, 0.15) is 0 Å². The summed E-state index contributed by atoms with van der Waals surface area (Å²) in [5, 5.41) is 3.41. The van der Waals surface area contributed by atoms with Crippen LogP contribution in [-0.2, 0) is 11.3 Å². The Labute approximate surface area is 161 Å². The summed E-state index contributed by atoms with van der Waals surface area (Å²) in [7, 11) is 0. The van der Waals surface area contributed by atoms with Gasteiger partial charge in [-0.3, -0.25) is 4.90 Å². The molecule has 1 aromatic rings. The molecule has 2 saturated heterocycles. The lowest BCUT2D eigenvalue weighted by Gasteiger charge is -2.37. The van der Waals surface area contributed by atoms with Gasteiger partial charge >= 0.3 is 0 Å². The Morgan fingerprint density at radius 2 is 2.17 bits per heavy atom. The van der Waals surface area contributed by atoms with Gasteiger partial charge in [-0.2, -0.15) is 0 Å². The van der Waals surface area contributed by atoms with Crippen molar-refractivity contribution in [1.29, 1.82) is 0 Å². The van der Waals surface area contributed by atoms with Gasteiger partial charge < -0.3 is 19.4 Å². The zero-order chi connectivity index (χ0) is 15.9. The second-order valence-electron chi connectivity index (χ2n) is 6.32. The average molecular weight is 448 g/mol. The van der Waals surface area contributed by atoms with E-state index < -0.39 is 0 Å². The highest BCUT2D eigenvalue weighted by atomic mass is 127. The van der Waals surface area contributed by atoms with Crippen LogP contribution in [0.2, 0.25) is 0 Å². The zero-order valence-corrected chi connectivity index (χ0v) is 16.8. The maximum atomic E-state index is 5.48. The molecular weight excluding hydrogens is 419 g/mol. The highest BCUT2D eigenvalue weighted by Gasteiger charge is 2.23. The highest BCUT2D eigenvalue weighted by molar-refractivity contribution is 14.0. The lowest BCUT2D eigenvalue weighted by atomic mass is 10.1. The van der Waals surface area contributed by atoms with Crippen molar-refractivity contribution in [3.8, 4) is 0 Å². The summed E-state index contributed by atoms with van der Waals surface area (Å²) in [6.45, 7) is 11.0. The second-order valence-corrected chi connectivity index (χ2v) is 6.32. The van der Waals surface area contributed by atoms with E-state index in [0.717, 1.165) is 63.4 Å². The van der Waals surface area contributed by atoms with E-state index in [9.17, 15) is 0 Å². The number of rotatable bonds is 5. The first-order valence-electron chi connectivity index (χ1n) is 8.69. The third-order valence-electron chi connectivity index (χ3n) is 4.54. The molecule has 2 aliphatic heterocycles. The van der Waals surface area contributed by atoms with Crippen LogP contribution in [0.5, 0.6) is 0 Å². The quantitative estimate of drug-likeness (QED) is 0.425. The van der Waals surface area contributed by atoms with Crippen LogP contribution in [0.3, 0.4) is 0 Å². The smallest absolute Gasteiger partial charge is 0.194 e. The summed E-state index contributed by atoms with van der Waals surface area (Å²) in [5.41, 5.74) is 1.11. The van der Waals surface area contributed by atoms with E-state index in [1.54, 1.807) is 12.5 Å². The van der Waals surface area contributed by atoms with Crippen molar-refractivity contribution >= 4 is 29.9 Å². The molecule has 1 N–H and O–H groups in total. The number of ether oxygens (including phenoxy) is 1. The molecule has 1 aromatic heterocycles. The molecule has 0 spiro atoms. The molecule has 1 atom stereocenters. The number of aliphatic imine (C=N–C) groups is 1. The van der Waals surface area contributed by atoms with Gasteiger partial charge in [0.05, 0.1) is 25.7 Å². The van der Waals surface area contributed by atoms with Crippen molar-refractivity contribution < 1.29 is 9.15 Å². The van der Waals surface area contributed by atoms with Gasteiger partial charge in [-0.1, -0.05) is 0 Å². The predicted molar refractivity (Wildman–Crippen MR) is 106 cm³/mol. The van der Waals surface area contributed by atoms with Crippen LogP contribution in [-0.4, -0.2) is 68.2 Å². The van der Waals surface area contributed by atoms with Gasteiger partial charge in [0.15, 0.2) is 5.96 Å². The number of furan rings is 1. The molecule has 0 aliphatic carbocycles. The Kier molecular flexibility index (Phi) is 8.34. The van der Waals surface area contributed by atoms with Crippen molar-refractivity contribution in [1.82, 2.24) is 15.1 Å². The molecule has 0 aromatic carbocycles. The third kappa shape index (κ3) is 5.63. The number of piperazine rings is 1. The Balaban J connectivity index is 0.00000208. The Morgan fingerprint density at radius 3 is 2.79 bits per heavy atom. The van der Waals surface area contributed by atoms with E-state index in [2.05, 4.69) is 22.0 Å². The monoisotopic (exact) mass is 448 g/mol. The minimum atomic E-state index is 0. The van der Waals surface area contributed by atoms with Crippen molar-refractivity contribution in [3.63, 3.8) is 0 Å². The standard InChI is InChI=1S/C17H28N4O2.HI/c1-2-18-17(19-11-15-3-9-22-13-15)21-7-5-20(6-8-21)12-16-4-10-23-14-16;/h3,9,13,16H,2,4-8,10-12,14H2,1H3,(H,18,19);1H. The molecule has 3 rings (SSSR count). The fraction of sp³-hybridized carbons (Fsp3) is 0.706. The Hall–Kier alpha value is -0.800. The lowest BCUT2D eigenvalue weighted by molar-refractivity contribution is 0.139. The maximum absolute atomic E-state index is 5.48. The van der Waals surface area contributed by atoms with E-state index in [1.807, 2.05) is 6.07 Å². The summed E-state index contributed by atoms with van der Waals surface area (Å²) in [5.74, 6) is 1.74. The zero-order valence-electron chi connectivity index (χ0n) is 14.4. The highest BCUT2D eigenvalue weighted by Crippen LogP contribution is 2.15. The van der Waals surface area contributed by atoms with Crippen LogP contribution >= 0.6 is 24.0 Å². The van der Waals surface area contributed by atoms with Gasteiger partial charge in [-0.15, -0.1) is 24.0 Å². The second kappa shape index (κ2) is 10.2. The third-order valence-corrected chi connectivity index (χ3v) is 4.54. The normalized spacial score (nSPS) is 22.5. The average Bonchev–Trinajstić information content (AvgIpc) is 3.26. The molecule has 136 valence electrons. The molecule has 0 amide bonds. The summed E-state index contributed by atoms with van der Waals surface area (Å²) in [6.07, 6.45) is 4.67. The summed E-state index contributed by atoms with van der Waals surface area (Å²) >= 11 is 0. The van der Waals surface area contributed by atoms with E-state index >= 15 is 0 Å². The van der Waals surface area contributed by atoms with Gasteiger partial charge in [0.2, 0.25) is 0 Å². The van der Waals surface area contributed by atoms with Gasteiger partial charge in [0, 0.05) is 51.4 Å². The molecule has 24 heavy (non-hydrogen) atoms. The first-order chi connectivity index (χ1) is 11.3. The summed E-state index contributed by atoms with van der Waals surface area (Å²) < 4.78 is 10.6. The maximum Gasteiger partial charge on any atom is 0.194 e. The summed E-state index contributed by atoms with van der Waals surface area (Å²) in [6, 6.07) is 1.97. The molecule has 7 heteroatoms. The molecule has 0 saturated carbocycles.